The smallest absolute Gasteiger partial charge is 0.343 e. The number of hydrogen-bond donors (Lipinski definition) is 0. The van der Waals surface area contributed by atoms with Crippen LogP contribution in [0.2, 0.25) is 0 Å². The van der Waals surface area contributed by atoms with Crippen molar-refractivity contribution in [2.24, 2.45) is 0 Å². The van der Waals surface area contributed by atoms with E-state index in [0.29, 0.717) is 0 Å². The molecule has 11 heavy (non-hydrogen) atoms. The molecule has 0 heterocycles. The summed E-state index contributed by atoms with van der Waals surface area (Å²) in [6.45, 7) is 6.05. The van der Waals surface area contributed by atoms with Gasteiger partial charge in [-0.1, -0.05) is 45.4 Å². The zero-order chi connectivity index (χ0) is 6.95. The molecule has 0 spiro atoms. The summed E-state index contributed by atoms with van der Waals surface area (Å²) in [4.78, 5) is 0. The molecule has 2 heteroatoms. The quantitative estimate of drug-likeness (QED) is 0.326. The van der Waals surface area contributed by atoms with Crippen molar-refractivity contribution < 1.29 is 56.1 Å². The van der Waals surface area contributed by atoms with Crippen LogP contribution in [0.4, 0.5) is 4.70 Å². The van der Waals surface area contributed by atoms with Gasteiger partial charge < -0.3 is 6.92 Å². The van der Waals surface area contributed by atoms with Gasteiger partial charge in [-0.05, 0) is 0 Å². The Bertz CT molecular complexity index is 42.8. The van der Waals surface area contributed by atoms with Crippen molar-refractivity contribution in [1.29, 1.82) is 0 Å². The summed E-state index contributed by atoms with van der Waals surface area (Å²) in [7, 11) is 0. The summed E-state index contributed by atoms with van der Waals surface area (Å²) in [6.07, 6.45) is 9.45. The molecule has 0 N–H and O–H groups in total. The maximum Gasteiger partial charge on any atom is 1.00 e. The third-order valence-electron chi connectivity index (χ3n) is 1.60. The molecule has 0 aliphatic rings. The normalized spacial score (nSPS) is 8.18. The maximum atomic E-state index is 3.80. The van der Waals surface area contributed by atoms with E-state index < -0.39 is 0 Å². The molecular weight excluding hydrogens is 166 g/mol. The van der Waals surface area contributed by atoms with E-state index in [-0.39, 0.29) is 56.1 Å². The summed E-state index contributed by atoms with van der Waals surface area (Å²) in [5.74, 6) is 0. The number of halogens is 1. The van der Waals surface area contributed by atoms with Gasteiger partial charge in [-0.15, -0.1) is 0 Å². The second kappa shape index (κ2) is 17.6. The molecule has 0 fully saturated rings. The first kappa shape index (κ1) is 18.4. The van der Waals surface area contributed by atoms with Crippen molar-refractivity contribution >= 4 is 0 Å². The Balaban J connectivity index is -0.000000320. The van der Waals surface area contributed by atoms with Crippen molar-refractivity contribution in [2.45, 2.75) is 51.9 Å². The summed E-state index contributed by atoms with van der Waals surface area (Å²) in [5, 5.41) is 0. The first-order chi connectivity index (χ1) is 4.41. The van der Waals surface area contributed by atoms with Crippen LogP contribution >= 0.6 is 0 Å². The van der Waals surface area contributed by atoms with E-state index in [4.69, 9.17) is 0 Å². The minimum Gasteiger partial charge on any atom is -0.343 e. The van der Waals surface area contributed by atoms with Crippen LogP contribution in [0.25, 0.3) is 0 Å². The third kappa shape index (κ3) is 18.5. The Labute approximate surface area is 113 Å². The Kier molecular flexibility index (Phi) is 29.4. The average Bonchev–Trinajstić information content (AvgIpc) is 1.89. The molecule has 0 aromatic rings. The van der Waals surface area contributed by atoms with Crippen LogP contribution in [0.3, 0.4) is 0 Å². The number of unbranched alkanes of at least 4 members (excludes halogenated alkanes) is 6. The largest absolute Gasteiger partial charge is 1.00 e. The fraction of sp³-hybridized carbons (Fsp3) is 0.889. The Morgan fingerprint density at radius 2 is 1.36 bits per heavy atom. The van der Waals surface area contributed by atoms with E-state index in [1.807, 2.05) is 0 Å². The average molecular weight is 186 g/mol. The third-order valence-corrected chi connectivity index (χ3v) is 1.60. The van der Waals surface area contributed by atoms with Crippen LogP contribution in [0.15, 0.2) is 0 Å². The van der Waals surface area contributed by atoms with E-state index in [2.05, 4.69) is 13.8 Å². The van der Waals surface area contributed by atoms with Crippen LogP contribution in [0, 0.1) is 6.92 Å². The molecule has 0 bridgehead atoms. The Hall–Kier alpha value is 1.57. The first-order valence-electron chi connectivity index (χ1n) is 4.21. The van der Waals surface area contributed by atoms with Gasteiger partial charge in [0.05, 0.1) is 0 Å². The van der Waals surface area contributed by atoms with Crippen molar-refractivity contribution in [3.63, 3.8) is 0 Å². The standard InChI is InChI=1S/C9H19.FH.K/c1-3-5-7-9-8-6-4-2;;/h1,3-9H2,2H3;1H;/q-1;;+1. The predicted octanol–water partition coefficient (Wildman–Crippen LogP) is 0.728. The molecule has 0 atom stereocenters. The second-order valence-electron chi connectivity index (χ2n) is 2.62. The molecule has 0 aliphatic carbocycles. The molecule has 0 nitrogen and oxygen atoms in total. The van der Waals surface area contributed by atoms with Gasteiger partial charge >= 0.3 is 51.4 Å². The zero-order valence-corrected chi connectivity index (χ0v) is 11.2. The van der Waals surface area contributed by atoms with Crippen molar-refractivity contribution in [3.8, 4) is 0 Å². The molecule has 0 aromatic heterocycles. The van der Waals surface area contributed by atoms with Gasteiger partial charge in [-0.2, -0.15) is 6.42 Å². The van der Waals surface area contributed by atoms with Crippen LogP contribution in [-0.4, -0.2) is 0 Å². The van der Waals surface area contributed by atoms with Gasteiger partial charge in [0.25, 0.3) is 0 Å². The molecule has 0 aromatic carbocycles. The Morgan fingerprint density at radius 1 is 0.909 bits per heavy atom. The fourth-order valence-electron chi connectivity index (χ4n) is 0.957. The van der Waals surface area contributed by atoms with Gasteiger partial charge in [-0.25, -0.2) is 0 Å². The SMILES string of the molecule is F.[CH2-]CCCCCCCC.[K+]. The number of hydrogen-bond acceptors (Lipinski definition) is 0. The van der Waals surface area contributed by atoms with E-state index in [0.717, 1.165) is 6.42 Å². The predicted molar refractivity (Wildman–Crippen MR) is 45.9 cm³/mol. The van der Waals surface area contributed by atoms with E-state index >= 15 is 0 Å². The second-order valence-corrected chi connectivity index (χ2v) is 2.62. The molecule has 0 saturated carbocycles. The zero-order valence-electron chi connectivity index (χ0n) is 8.07. The molecule has 0 radical (unpaired) electrons. The van der Waals surface area contributed by atoms with E-state index in [1.54, 1.807) is 0 Å². The van der Waals surface area contributed by atoms with Crippen molar-refractivity contribution in [2.75, 3.05) is 0 Å². The molecule has 0 saturated heterocycles. The summed E-state index contributed by atoms with van der Waals surface area (Å²) in [5.41, 5.74) is 0. The number of rotatable bonds is 6. The van der Waals surface area contributed by atoms with Crippen LogP contribution in [0.1, 0.15) is 51.9 Å². The summed E-state index contributed by atoms with van der Waals surface area (Å²) >= 11 is 0. The van der Waals surface area contributed by atoms with E-state index in [1.165, 1.54) is 38.5 Å². The molecule has 0 aliphatic heterocycles. The topological polar surface area (TPSA) is 0 Å². The molecule has 0 amide bonds. The van der Waals surface area contributed by atoms with E-state index in [9.17, 15) is 0 Å². The van der Waals surface area contributed by atoms with Gasteiger partial charge in [0, 0.05) is 0 Å². The molecule has 0 unspecified atom stereocenters. The molecule has 0 rings (SSSR count). The van der Waals surface area contributed by atoms with Gasteiger partial charge in [0.1, 0.15) is 0 Å². The van der Waals surface area contributed by atoms with Crippen LogP contribution in [0.5, 0.6) is 0 Å². The monoisotopic (exact) mass is 186 g/mol. The van der Waals surface area contributed by atoms with Crippen molar-refractivity contribution in [3.05, 3.63) is 6.92 Å². The molecule has 64 valence electrons. The van der Waals surface area contributed by atoms with Crippen LogP contribution in [-0.2, 0) is 0 Å². The maximum absolute atomic E-state index is 3.80. The van der Waals surface area contributed by atoms with Crippen molar-refractivity contribution in [1.82, 2.24) is 0 Å². The minimum atomic E-state index is 0. The Morgan fingerprint density at radius 3 is 1.82 bits per heavy atom. The minimum absolute atomic E-state index is 0. The summed E-state index contributed by atoms with van der Waals surface area (Å²) < 4.78 is 0. The van der Waals surface area contributed by atoms with Gasteiger partial charge in [0.2, 0.25) is 0 Å². The first-order valence-corrected chi connectivity index (χ1v) is 4.21. The van der Waals surface area contributed by atoms with Gasteiger partial charge in [0.15, 0.2) is 0 Å². The van der Waals surface area contributed by atoms with Crippen LogP contribution < -0.4 is 51.4 Å². The summed E-state index contributed by atoms with van der Waals surface area (Å²) in [6, 6.07) is 0. The van der Waals surface area contributed by atoms with Gasteiger partial charge in [-0.3, -0.25) is 4.70 Å². The fourth-order valence-corrected chi connectivity index (χ4v) is 0.957. The molecular formula is C9H20FK.